The van der Waals surface area contributed by atoms with Gasteiger partial charge < -0.3 is 34.9 Å². The van der Waals surface area contributed by atoms with E-state index in [9.17, 15) is 4.79 Å². The van der Waals surface area contributed by atoms with Crippen LogP contribution in [-0.2, 0) is 22.8 Å². The van der Waals surface area contributed by atoms with Crippen LogP contribution in [0.3, 0.4) is 0 Å². The molecule has 8 heteroatoms. The fourth-order valence-electron chi connectivity index (χ4n) is 1.97. The topological polar surface area (TPSA) is 54.0 Å². The molecule has 22 heavy (non-hydrogen) atoms. The molecule has 0 N–H and O–H groups in total. The number of esters is 1. The Morgan fingerprint density at radius 1 is 1.09 bits per heavy atom. The predicted octanol–water partition coefficient (Wildman–Crippen LogP) is -1.55. The van der Waals surface area contributed by atoms with Crippen molar-refractivity contribution >= 4 is 14.8 Å². The quantitative estimate of drug-likeness (QED) is 0.194. The summed E-state index contributed by atoms with van der Waals surface area (Å²) >= 11 is 0. The molecule has 0 aromatic carbocycles. The maximum atomic E-state index is 11.2. The third kappa shape index (κ3) is 9.55. The number of allylic oxidation sites excluding steroid dienone is 1. The summed E-state index contributed by atoms with van der Waals surface area (Å²) in [5.41, 5.74) is 0. The molecule has 0 aliphatic carbocycles. The summed E-state index contributed by atoms with van der Waals surface area (Å²) in [5.74, 6) is -0.290. The molecular weight excluding hydrogens is 326 g/mol. The average Bonchev–Trinajstić information content (AvgIpc) is 2.44. The van der Waals surface area contributed by atoms with E-state index in [0.29, 0.717) is 6.61 Å². The molecule has 0 saturated carbocycles. The van der Waals surface area contributed by atoms with Gasteiger partial charge in [-0.1, -0.05) is 6.08 Å². The van der Waals surface area contributed by atoms with Crippen molar-refractivity contribution in [3.63, 3.8) is 0 Å². The minimum absolute atomic E-state index is 0. The number of hydrogen-bond donors (Lipinski definition) is 0. The number of likely N-dealkylation sites (N-methyl/N-ethyl adjacent to an activating group) is 1. The van der Waals surface area contributed by atoms with Gasteiger partial charge in [0, 0.05) is 39.9 Å². The van der Waals surface area contributed by atoms with E-state index in [2.05, 4.69) is 14.1 Å². The zero-order valence-electron chi connectivity index (χ0n) is 14.6. The van der Waals surface area contributed by atoms with Crippen LogP contribution in [-0.4, -0.2) is 74.4 Å². The van der Waals surface area contributed by atoms with Crippen LogP contribution in [0.15, 0.2) is 12.2 Å². The Labute approximate surface area is 141 Å². The van der Waals surface area contributed by atoms with Gasteiger partial charge in [0.05, 0.1) is 20.6 Å². The lowest BCUT2D eigenvalue weighted by Crippen LogP contribution is -3.00. The lowest BCUT2D eigenvalue weighted by molar-refractivity contribution is -0.890. The van der Waals surface area contributed by atoms with Crippen LogP contribution in [0, 0.1) is 0 Å². The fourth-order valence-corrected chi connectivity index (χ4v) is 3.67. The number of halogens is 1. The van der Waals surface area contributed by atoms with Crippen LogP contribution < -0.4 is 12.4 Å². The highest BCUT2D eigenvalue weighted by atomic mass is 35.5. The Morgan fingerprint density at radius 3 is 2.09 bits per heavy atom. The van der Waals surface area contributed by atoms with E-state index >= 15 is 0 Å². The first kappa shape index (κ1) is 23.8. The number of carbonyl (C=O) groups is 1. The first-order valence-electron chi connectivity index (χ1n) is 7.11. The molecule has 0 atom stereocenters. The van der Waals surface area contributed by atoms with E-state index in [1.807, 2.05) is 0 Å². The van der Waals surface area contributed by atoms with Crippen molar-refractivity contribution in [3.05, 3.63) is 12.2 Å². The number of hydrogen-bond acceptors (Lipinski definition) is 5. The van der Waals surface area contributed by atoms with Gasteiger partial charge in [-0.05, 0) is 6.92 Å². The average molecular weight is 356 g/mol. The molecule has 0 amide bonds. The summed E-state index contributed by atoms with van der Waals surface area (Å²) < 4.78 is 22.1. The molecular formula is C14H30ClNO5Si. The second kappa shape index (κ2) is 12.0. The zero-order chi connectivity index (χ0) is 16.4. The van der Waals surface area contributed by atoms with Gasteiger partial charge in [-0.3, -0.25) is 0 Å². The normalized spacial score (nSPS) is 12.3. The Hall–Kier alpha value is -0.443. The molecule has 0 fully saturated rings. The van der Waals surface area contributed by atoms with Crippen molar-refractivity contribution in [2.75, 3.05) is 55.1 Å². The second-order valence-corrected chi connectivity index (χ2v) is 8.54. The second-order valence-electron chi connectivity index (χ2n) is 5.45. The molecule has 0 heterocycles. The van der Waals surface area contributed by atoms with Crippen LogP contribution in [0.25, 0.3) is 0 Å². The molecule has 0 aliphatic rings. The van der Waals surface area contributed by atoms with E-state index < -0.39 is 8.80 Å². The van der Waals surface area contributed by atoms with Crippen LogP contribution in [0.1, 0.15) is 13.3 Å². The minimum Gasteiger partial charge on any atom is -1.00 e. The molecule has 0 aliphatic heterocycles. The van der Waals surface area contributed by atoms with Crippen LogP contribution in [0.2, 0.25) is 6.04 Å². The van der Waals surface area contributed by atoms with Crippen LogP contribution in [0.4, 0.5) is 0 Å². The Morgan fingerprint density at radius 2 is 1.64 bits per heavy atom. The van der Waals surface area contributed by atoms with Crippen molar-refractivity contribution in [3.8, 4) is 0 Å². The zero-order valence-corrected chi connectivity index (χ0v) is 16.3. The van der Waals surface area contributed by atoms with E-state index in [0.717, 1.165) is 30.0 Å². The monoisotopic (exact) mass is 355 g/mol. The molecule has 0 aromatic heterocycles. The summed E-state index contributed by atoms with van der Waals surface area (Å²) in [6.45, 7) is 3.91. The van der Waals surface area contributed by atoms with E-state index in [-0.39, 0.29) is 18.4 Å². The minimum atomic E-state index is -2.48. The van der Waals surface area contributed by atoms with Gasteiger partial charge in [0.15, 0.2) is 0 Å². The van der Waals surface area contributed by atoms with Gasteiger partial charge in [0.2, 0.25) is 0 Å². The summed E-state index contributed by atoms with van der Waals surface area (Å²) in [4.78, 5) is 11.2. The third-order valence-electron chi connectivity index (χ3n) is 3.42. The lowest BCUT2D eigenvalue weighted by Gasteiger charge is -2.31. The number of carbonyl (C=O) groups excluding carboxylic acids is 1. The summed E-state index contributed by atoms with van der Waals surface area (Å²) in [6.07, 6.45) is 4.03. The third-order valence-corrected chi connectivity index (χ3v) is 6.26. The summed E-state index contributed by atoms with van der Waals surface area (Å²) in [6, 6.07) is 0.774. The van der Waals surface area contributed by atoms with Gasteiger partial charge in [-0.2, -0.15) is 0 Å². The SMILES string of the molecule is CC=CC(=O)OCC[N+](C)(C)CCC[Si](OC)(OC)OC.[Cl-]. The largest absolute Gasteiger partial charge is 1.00 e. The molecule has 132 valence electrons. The number of nitrogens with zero attached hydrogens (tertiary/aromatic N) is 1. The molecule has 0 unspecified atom stereocenters. The van der Waals surface area contributed by atoms with Gasteiger partial charge >= 0.3 is 14.8 Å². The maximum absolute atomic E-state index is 11.2. The van der Waals surface area contributed by atoms with E-state index in [1.54, 1.807) is 34.3 Å². The summed E-state index contributed by atoms with van der Waals surface area (Å²) in [7, 11) is 6.61. The van der Waals surface area contributed by atoms with Crippen molar-refractivity contribution in [2.45, 2.75) is 19.4 Å². The highest BCUT2D eigenvalue weighted by molar-refractivity contribution is 6.60. The molecule has 0 rings (SSSR count). The molecule has 0 spiro atoms. The molecule has 0 aromatic rings. The highest BCUT2D eigenvalue weighted by Crippen LogP contribution is 2.16. The van der Waals surface area contributed by atoms with Gasteiger partial charge in [0.25, 0.3) is 0 Å². The molecule has 0 radical (unpaired) electrons. The maximum Gasteiger partial charge on any atom is 0.500 e. The standard InChI is InChI=1S/C14H30NO5Si.ClH/c1-7-9-14(16)20-12-11-15(2,3)10-8-13-21(17-4,18-5)19-6;/h7,9H,8,10-13H2,1-6H3;1H/q+1;/p-1. The van der Waals surface area contributed by atoms with E-state index in [4.69, 9.17) is 18.0 Å². The van der Waals surface area contributed by atoms with Gasteiger partial charge in [-0.15, -0.1) is 0 Å². The molecule has 0 bridgehead atoms. The van der Waals surface area contributed by atoms with Gasteiger partial charge in [0.1, 0.15) is 13.2 Å². The Kier molecular flexibility index (Phi) is 13.0. The smallest absolute Gasteiger partial charge is 0.500 e. The fraction of sp³-hybridized carbons (Fsp3) is 0.786. The summed E-state index contributed by atoms with van der Waals surface area (Å²) in [5, 5.41) is 0. The Bertz CT molecular complexity index is 327. The first-order valence-corrected chi connectivity index (χ1v) is 9.05. The van der Waals surface area contributed by atoms with Crippen LogP contribution >= 0.6 is 0 Å². The number of quaternary nitrogens is 1. The van der Waals surface area contributed by atoms with Crippen molar-refractivity contribution in [1.82, 2.24) is 0 Å². The Balaban J connectivity index is 0. The number of rotatable bonds is 11. The van der Waals surface area contributed by atoms with Crippen molar-refractivity contribution in [2.24, 2.45) is 0 Å². The molecule has 0 saturated heterocycles. The van der Waals surface area contributed by atoms with Crippen molar-refractivity contribution in [1.29, 1.82) is 0 Å². The number of ether oxygens (including phenoxy) is 1. The predicted molar refractivity (Wildman–Crippen MR) is 83.8 cm³/mol. The lowest BCUT2D eigenvalue weighted by atomic mass is 10.3. The van der Waals surface area contributed by atoms with E-state index in [1.165, 1.54) is 6.08 Å². The van der Waals surface area contributed by atoms with Crippen molar-refractivity contribution < 1.29 is 39.7 Å². The van der Waals surface area contributed by atoms with Gasteiger partial charge in [-0.25, -0.2) is 4.79 Å². The highest BCUT2D eigenvalue weighted by Gasteiger charge is 2.37. The van der Waals surface area contributed by atoms with Crippen LogP contribution in [0.5, 0.6) is 0 Å². The molecule has 6 nitrogen and oxygen atoms in total. The first-order chi connectivity index (χ1) is 9.84.